The third-order valence-corrected chi connectivity index (χ3v) is 6.37. The van der Waals surface area contributed by atoms with Gasteiger partial charge in [-0.05, 0) is 30.2 Å². The lowest BCUT2D eigenvalue weighted by Gasteiger charge is -2.18. The monoisotopic (exact) mass is 294 g/mol. The Labute approximate surface area is 110 Å². The number of nitrogens with one attached hydrogen (secondary N) is 1. The second-order valence-corrected chi connectivity index (χ2v) is 7.94. The van der Waals surface area contributed by atoms with Gasteiger partial charge in [-0.2, -0.15) is 0 Å². The van der Waals surface area contributed by atoms with E-state index in [1.165, 1.54) is 0 Å². The molecule has 0 amide bonds. The fourth-order valence-corrected chi connectivity index (χ4v) is 5.34. The van der Waals surface area contributed by atoms with Crippen LogP contribution < -0.4 is 11.3 Å². The molecule has 96 valence electrons. The maximum Gasteiger partial charge on any atom is 0.150 e. The highest BCUT2D eigenvalue weighted by molar-refractivity contribution is 7.91. The Morgan fingerprint density at radius 3 is 2.88 bits per heavy atom. The number of sulfone groups is 1. The van der Waals surface area contributed by atoms with Gasteiger partial charge in [0, 0.05) is 4.88 Å². The van der Waals surface area contributed by atoms with Gasteiger partial charge in [-0.3, -0.25) is 11.3 Å². The van der Waals surface area contributed by atoms with Crippen molar-refractivity contribution >= 4 is 32.8 Å². The minimum Gasteiger partial charge on any atom is -0.271 e. The first-order chi connectivity index (χ1) is 8.02. The first kappa shape index (κ1) is 13.3. The van der Waals surface area contributed by atoms with Crippen molar-refractivity contribution in [1.82, 2.24) is 5.43 Å². The van der Waals surface area contributed by atoms with Crippen molar-refractivity contribution in [2.75, 3.05) is 11.5 Å². The molecular formula is C10H15ClN2O2S2. The van der Waals surface area contributed by atoms with Crippen LogP contribution in [-0.2, 0) is 9.84 Å². The van der Waals surface area contributed by atoms with E-state index in [-0.39, 0.29) is 17.7 Å². The summed E-state index contributed by atoms with van der Waals surface area (Å²) in [6, 6.07) is 1.78. The van der Waals surface area contributed by atoms with Gasteiger partial charge in [0.1, 0.15) is 0 Å². The highest BCUT2D eigenvalue weighted by Gasteiger charge is 2.30. The molecule has 1 fully saturated rings. The van der Waals surface area contributed by atoms with Crippen LogP contribution in [0.5, 0.6) is 0 Å². The molecule has 0 radical (unpaired) electrons. The van der Waals surface area contributed by atoms with Crippen LogP contribution in [0.2, 0.25) is 5.02 Å². The molecule has 2 rings (SSSR count). The van der Waals surface area contributed by atoms with E-state index in [9.17, 15) is 8.42 Å². The summed E-state index contributed by atoms with van der Waals surface area (Å²) in [6.45, 7) is 0. The normalized spacial score (nSPS) is 24.9. The van der Waals surface area contributed by atoms with E-state index in [2.05, 4.69) is 5.43 Å². The fraction of sp³-hybridized carbons (Fsp3) is 0.600. The molecule has 3 N–H and O–H groups in total. The Morgan fingerprint density at radius 1 is 1.65 bits per heavy atom. The van der Waals surface area contributed by atoms with Crippen LogP contribution in [-0.4, -0.2) is 19.9 Å². The van der Waals surface area contributed by atoms with E-state index in [4.69, 9.17) is 17.4 Å². The number of hydrazine groups is 1. The van der Waals surface area contributed by atoms with Gasteiger partial charge in [0.15, 0.2) is 9.84 Å². The molecule has 0 spiro atoms. The van der Waals surface area contributed by atoms with Gasteiger partial charge in [0.2, 0.25) is 0 Å². The quantitative estimate of drug-likeness (QED) is 0.655. The second kappa shape index (κ2) is 5.24. The number of hydrogen-bond acceptors (Lipinski definition) is 5. The van der Waals surface area contributed by atoms with Gasteiger partial charge in [-0.1, -0.05) is 11.6 Å². The Hall–Kier alpha value is -0.140. The van der Waals surface area contributed by atoms with Crippen molar-refractivity contribution in [2.45, 2.75) is 18.9 Å². The van der Waals surface area contributed by atoms with Crippen molar-refractivity contribution in [3.05, 3.63) is 21.3 Å². The van der Waals surface area contributed by atoms with Crippen LogP contribution in [0.4, 0.5) is 0 Å². The van der Waals surface area contributed by atoms with Crippen LogP contribution in [0.25, 0.3) is 0 Å². The maximum atomic E-state index is 11.4. The number of nitrogens with two attached hydrogens (primary N) is 1. The minimum atomic E-state index is -2.83. The topological polar surface area (TPSA) is 72.2 Å². The number of rotatable bonds is 4. The largest absolute Gasteiger partial charge is 0.271 e. The lowest BCUT2D eigenvalue weighted by atomic mass is 9.99. The van der Waals surface area contributed by atoms with Crippen molar-refractivity contribution < 1.29 is 8.42 Å². The molecule has 1 saturated heterocycles. The van der Waals surface area contributed by atoms with Gasteiger partial charge in [0.25, 0.3) is 0 Å². The summed E-state index contributed by atoms with van der Waals surface area (Å²) < 4.78 is 22.8. The van der Waals surface area contributed by atoms with E-state index >= 15 is 0 Å². The van der Waals surface area contributed by atoms with Crippen molar-refractivity contribution in [2.24, 2.45) is 11.8 Å². The molecule has 2 unspecified atom stereocenters. The van der Waals surface area contributed by atoms with Gasteiger partial charge in [-0.15, -0.1) is 11.3 Å². The van der Waals surface area contributed by atoms with Crippen molar-refractivity contribution in [3.8, 4) is 0 Å². The summed E-state index contributed by atoms with van der Waals surface area (Å²) in [5.74, 6) is 6.28. The average molecular weight is 295 g/mol. The summed E-state index contributed by atoms with van der Waals surface area (Å²) in [6.07, 6.45) is 1.44. The van der Waals surface area contributed by atoms with Gasteiger partial charge < -0.3 is 0 Å². The third kappa shape index (κ3) is 3.20. The molecule has 0 saturated carbocycles. The number of hydrogen-bond donors (Lipinski definition) is 2. The zero-order valence-corrected chi connectivity index (χ0v) is 11.6. The van der Waals surface area contributed by atoms with Crippen LogP contribution in [0.1, 0.15) is 23.8 Å². The minimum absolute atomic E-state index is 0.0548. The Balaban J connectivity index is 2.04. The van der Waals surface area contributed by atoms with E-state index < -0.39 is 9.84 Å². The smallest absolute Gasteiger partial charge is 0.150 e. The van der Waals surface area contributed by atoms with Gasteiger partial charge >= 0.3 is 0 Å². The molecule has 17 heavy (non-hydrogen) atoms. The summed E-state index contributed by atoms with van der Waals surface area (Å²) in [7, 11) is -2.83. The average Bonchev–Trinajstić information content (AvgIpc) is 2.81. The second-order valence-electron chi connectivity index (χ2n) is 4.36. The molecule has 1 aromatic heterocycles. The fourth-order valence-electron chi connectivity index (χ4n) is 2.20. The van der Waals surface area contributed by atoms with Gasteiger partial charge in [0.05, 0.1) is 22.6 Å². The first-order valence-electron chi connectivity index (χ1n) is 5.41. The molecule has 2 heterocycles. The number of halogens is 1. The van der Waals surface area contributed by atoms with Crippen molar-refractivity contribution in [1.29, 1.82) is 0 Å². The summed E-state index contributed by atoms with van der Waals surface area (Å²) >= 11 is 7.59. The molecular weight excluding hydrogens is 280 g/mol. The highest BCUT2D eigenvalue weighted by atomic mass is 35.5. The number of thiophene rings is 1. The zero-order chi connectivity index (χ0) is 12.5. The van der Waals surface area contributed by atoms with Crippen LogP contribution in [0, 0.1) is 5.92 Å². The van der Waals surface area contributed by atoms with E-state index in [1.54, 1.807) is 11.3 Å². The molecule has 2 atom stereocenters. The third-order valence-electron chi connectivity index (χ3n) is 3.06. The first-order valence-corrected chi connectivity index (χ1v) is 8.49. The van der Waals surface area contributed by atoms with Crippen molar-refractivity contribution in [3.63, 3.8) is 0 Å². The molecule has 1 aliphatic rings. The summed E-state index contributed by atoms with van der Waals surface area (Å²) in [4.78, 5) is 0.985. The van der Waals surface area contributed by atoms with Crippen LogP contribution in [0.15, 0.2) is 11.4 Å². The lowest BCUT2D eigenvalue weighted by Crippen LogP contribution is -2.29. The zero-order valence-electron chi connectivity index (χ0n) is 9.23. The Kier molecular flexibility index (Phi) is 4.10. The molecule has 0 aromatic carbocycles. The van der Waals surface area contributed by atoms with E-state index in [1.807, 2.05) is 11.4 Å². The maximum absolute atomic E-state index is 11.4. The molecule has 0 bridgehead atoms. The lowest BCUT2D eigenvalue weighted by molar-refractivity contribution is 0.426. The van der Waals surface area contributed by atoms with Gasteiger partial charge in [-0.25, -0.2) is 8.42 Å². The molecule has 7 heteroatoms. The summed E-state index contributed by atoms with van der Waals surface area (Å²) in [5, 5.41) is 2.60. The predicted octanol–water partition coefficient (Wildman–Crippen LogP) is 1.73. The Bertz CT molecular complexity index is 486. The molecule has 4 nitrogen and oxygen atoms in total. The standard InChI is InChI=1S/C10H15ClN2O2S2/c11-8-1-3-16-10(8)9(13-12)5-7-2-4-17(14,15)6-7/h1,3,7,9,13H,2,4-6,12H2. The molecule has 1 aliphatic heterocycles. The summed E-state index contributed by atoms with van der Waals surface area (Å²) in [5.41, 5.74) is 2.73. The molecule has 1 aromatic rings. The van der Waals surface area contributed by atoms with E-state index in [0.29, 0.717) is 10.8 Å². The predicted molar refractivity (Wildman–Crippen MR) is 70.8 cm³/mol. The Morgan fingerprint density at radius 2 is 2.41 bits per heavy atom. The highest BCUT2D eigenvalue weighted by Crippen LogP contribution is 2.34. The van der Waals surface area contributed by atoms with E-state index in [0.717, 1.165) is 17.7 Å². The molecule has 0 aliphatic carbocycles. The van der Waals surface area contributed by atoms with Crippen LogP contribution >= 0.6 is 22.9 Å². The van der Waals surface area contributed by atoms with Crippen LogP contribution in [0.3, 0.4) is 0 Å². The SMILES string of the molecule is NNC(CC1CCS(=O)(=O)C1)c1sccc1Cl.